The number of hydrogen-bond donors (Lipinski definition) is 1. The normalized spacial score (nSPS) is 12.3. The van der Waals surface area contributed by atoms with Crippen molar-refractivity contribution < 1.29 is 9.90 Å². The number of nitrogens with zero attached hydrogens (tertiary/aromatic N) is 2. The highest BCUT2D eigenvalue weighted by Crippen LogP contribution is 2.31. The van der Waals surface area contributed by atoms with Gasteiger partial charge in [0.2, 0.25) is 0 Å². The number of carbonyl (C=O) groups is 1. The van der Waals surface area contributed by atoms with Crippen LogP contribution in [0.25, 0.3) is 10.0 Å². The van der Waals surface area contributed by atoms with Crippen molar-refractivity contribution in [2.24, 2.45) is 5.92 Å². The highest BCUT2D eigenvalue weighted by atomic mass is 32.1. The van der Waals surface area contributed by atoms with Crippen molar-refractivity contribution in [3.63, 3.8) is 0 Å². The Hall–Kier alpha value is -1.89. The molecule has 0 aliphatic rings. The van der Waals surface area contributed by atoms with Gasteiger partial charge in [-0.15, -0.1) is 22.7 Å². The number of aromatic nitrogens is 2. The topological polar surface area (TPSA) is 63.1 Å². The summed E-state index contributed by atoms with van der Waals surface area (Å²) in [4.78, 5) is 22.7. The van der Waals surface area contributed by atoms with Gasteiger partial charge in [-0.05, 0) is 31.2 Å². The van der Waals surface area contributed by atoms with Gasteiger partial charge in [0.15, 0.2) is 15.8 Å². The quantitative estimate of drug-likeness (QED) is 0.576. The molecule has 1 unspecified atom stereocenters. The third-order valence-corrected chi connectivity index (χ3v) is 6.18. The van der Waals surface area contributed by atoms with Gasteiger partial charge in [0.05, 0.1) is 0 Å². The molecule has 1 N–H and O–H groups in total. The molecule has 0 saturated carbocycles. The summed E-state index contributed by atoms with van der Waals surface area (Å²) in [7, 11) is 0. The number of hydrogen-bond acceptors (Lipinski definition) is 6. The predicted molar refractivity (Wildman–Crippen MR) is 107 cm³/mol. The molecule has 6 heteroatoms. The van der Waals surface area contributed by atoms with Gasteiger partial charge in [-0.1, -0.05) is 36.8 Å². The van der Waals surface area contributed by atoms with Gasteiger partial charge in [0, 0.05) is 29.5 Å². The minimum Gasteiger partial charge on any atom is -0.396 e. The number of Topliss-reactive ketones (excluding diaryl/α,β-unsaturated/α-hetero) is 1. The summed E-state index contributed by atoms with van der Waals surface area (Å²) in [6, 6.07) is 8.27. The number of ketones is 1. The molecule has 0 bridgehead atoms. The van der Waals surface area contributed by atoms with Crippen LogP contribution in [0.2, 0.25) is 0 Å². The average Bonchev–Trinajstić information content (AvgIpc) is 3.30. The van der Waals surface area contributed by atoms with Crippen LogP contribution in [0.15, 0.2) is 35.8 Å². The second-order valence-corrected chi connectivity index (χ2v) is 8.51. The summed E-state index contributed by atoms with van der Waals surface area (Å²) in [5.74, 6) is 0.160. The van der Waals surface area contributed by atoms with E-state index in [4.69, 9.17) is 0 Å². The molecule has 2 heterocycles. The maximum absolute atomic E-state index is 12.8. The molecule has 0 fully saturated rings. The first-order valence-corrected chi connectivity index (χ1v) is 10.4. The van der Waals surface area contributed by atoms with E-state index in [1.165, 1.54) is 28.2 Å². The Balaban J connectivity index is 1.79. The molecule has 0 saturated heterocycles. The molecular formula is C20H22N2O2S2. The molecule has 1 atom stereocenters. The summed E-state index contributed by atoms with van der Waals surface area (Å²) in [5, 5.41) is 12.9. The summed E-state index contributed by atoms with van der Waals surface area (Å²) < 4.78 is 0. The van der Waals surface area contributed by atoms with E-state index in [0.717, 1.165) is 20.5 Å². The van der Waals surface area contributed by atoms with E-state index in [2.05, 4.69) is 41.2 Å². The van der Waals surface area contributed by atoms with E-state index >= 15 is 0 Å². The second kappa shape index (κ2) is 8.66. The van der Waals surface area contributed by atoms with E-state index in [9.17, 15) is 9.90 Å². The third-order valence-electron chi connectivity index (χ3n) is 4.18. The molecule has 26 heavy (non-hydrogen) atoms. The fraction of sp³-hybridized carbons (Fsp3) is 0.350. The first-order valence-electron chi connectivity index (χ1n) is 8.66. The Morgan fingerprint density at radius 3 is 2.65 bits per heavy atom. The molecule has 1 aromatic carbocycles. The molecule has 0 spiro atoms. The van der Waals surface area contributed by atoms with E-state index in [1.807, 2.05) is 12.3 Å². The van der Waals surface area contributed by atoms with Gasteiger partial charge in [-0.2, -0.15) is 0 Å². The lowest BCUT2D eigenvalue weighted by Gasteiger charge is -2.07. The number of rotatable bonds is 8. The van der Waals surface area contributed by atoms with Crippen molar-refractivity contribution in [3.05, 3.63) is 57.5 Å². The Morgan fingerprint density at radius 2 is 2.00 bits per heavy atom. The molecule has 0 radical (unpaired) electrons. The summed E-state index contributed by atoms with van der Waals surface area (Å²) >= 11 is 3.04. The fourth-order valence-electron chi connectivity index (χ4n) is 2.64. The lowest BCUT2D eigenvalue weighted by molar-refractivity contribution is 0.0977. The predicted octanol–water partition coefficient (Wildman–Crippen LogP) is 4.56. The van der Waals surface area contributed by atoms with E-state index in [1.54, 1.807) is 6.20 Å². The molecule has 3 aromatic rings. The van der Waals surface area contributed by atoms with Crippen LogP contribution < -0.4 is 0 Å². The standard InChI is InChI=1S/C20H22N2O2S2/c1-13-3-5-15(6-4-13)7-8-16(24)18-17(11-14(2)12-23)26-20(22-18)19-21-9-10-25-19/h3-6,9-10,14,23H,7-8,11-12H2,1-2H3. The van der Waals surface area contributed by atoms with Gasteiger partial charge in [-0.25, -0.2) is 9.97 Å². The van der Waals surface area contributed by atoms with Crippen LogP contribution in [0.1, 0.15) is 39.8 Å². The Morgan fingerprint density at radius 1 is 1.23 bits per heavy atom. The molecular weight excluding hydrogens is 364 g/mol. The van der Waals surface area contributed by atoms with Crippen molar-refractivity contribution in [2.45, 2.75) is 33.1 Å². The fourth-order valence-corrected chi connectivity index (χ4v) is 4.56. The number of benzene rings is 1. The van der Waals surface area contributed by atoms with Crippen LogP contribution in [0.4, 0.5) is 0 Å². The van der Waals surface area contributed by atoms with Crippen LogP contribution in [-0.2, 0) is 12.8 Å². The van der Waals surface area contributed by atoms with Crippen molar-refractivity contribution in [3.8, 4) is 10.0 Å². The van der Waals surface area contributed by atoms with E-state index in [0.29, 0.717) is 25.0 Å². The molecule has 2 aromatic heterocycles. The van der Waals surface area contributed by atoms with Gasteiger partial charge < -0.3 is 5.11 Å². The van der Waals surface area contributed by atoms with Crippen LogP contribution in [0.3, 0.4) is 0 Å². The molecule has 3 rings (SSSR count). The van der Waals surface area contributed by atoms with Crippen LogP contribution >= 0.6 is 22.7 Å². The average molecular weight is 387 g/mol. The molecule has 136 valence electrons. The zero-order valence-electron chi connectivity index (χ0n) is 14.9. The molecule has 0 amide bonds. The zero-order valence-corrected chi connectivity index (χ0v) is 16.6. The number of aryl methyl sites for hydroxylation is 2. The highest BCUT2D eigenvalue weighted by molar-refractivity contribution is 7.20. The minimum atomic E-state index is 0.0600. The van der Waals surface area contributed by atoms with Gasteiger partial charge >= 0.3 is 0 Å². The Kier molecular flexibility index (Phi) is 6.29. The lowest BCUT2D eigenvalue weighted by atomic mass is 10.0. The van der Waals surface area contributed by atoms with Crippen molar-refractivity contribution in [2.75, 3.05) is 6.61 Å². The van der Waals surface area contributed by atoms with Crippen molar-refractivity contribution in [1.29, 1.82) is 0 Å². The SMILES string of the molecule is Cc1ccc(CCC(=O)c2nc(-c3nccs3)sc2CC(C)CO)cc1. The second-order valence-electron chi connectivity index (χ2n) is 6.53. The first kappa shape index (κ1) is 18.9. The smallest absolute Gasteiger partial charge is 0.182 e. The number of thiazole rings is 2. The first-order chi connectivity index (χ1) is 12.6. The largest absolute Gasteiger partial charge is 0.396 e. The maximum Gasteiger partial charge on any atom is 0.182 e. The monoisotopic (exact) mass is 386 g/mol. The number of carbonyl (C=O) groups excluding carboxylic acids is 1. The van der Waals surface area contributed by atoms with Gasteiger partial charge in [-0.3, -0.25) is 4.79 Å². The van der Waals surface area contributed by atoms with Gasteiger partial charge in [0.25, 0.3) is 0 Å². The van der Waals surface area contributed by atoms with Crippen LogP contribution in [0, 0.1) is 12.8 Å². The van der Waals surface area contributed by atoms with E-state index < -0.39 is 0 Å². The molecule has 0 aliphatic carbocycles. The third kappa shape index (κ3) is 4.63. The summed E-state index contributed by atoms with van der Waals surface area (Å²) in [6.07, 6.45) is 3.55. The van der Waals surface area contributed by atoms with Gasteiger partial charge in [0.1, 0.15) is 5.69 Å². The molecule has 0 aliphatic heterocycles. The maximum atomic E-state index is 12.8. The number of aliphatic hydroxyl groups excluding tert-OH is 1. The minimum absolute atomic E-state index is 0.0600. The van der Waals surface area contributed by atoms with Crippen molar-refractivity contribution >= 4 is 28.5 Å². The highest BCUT2D eigenvalue weighted by Gasteiger charge is 2.21. The molecule has 4 nitrogen and oxygen atoms in total. The summed E-state index contributed by atoms with van der Waals surface area (Å²) in [5.41, 5.74) is 2.92. The summed E-state index contributed by atoms with van der Waals surface area (Å²) in [6.45, 7) is 4.13. The zero-order chi connectivity index (χ0) is 18.5. The Bertz CT molecular complexity index is 855. The van der Waals surface area contributed by atoms with Crippen LogP contribution in [0.5, 0.6) is 0 Å². The number of aliphatic hydroxyl groups is 1. The van der Waals surface area contributed by atoms with E-state index in [-0.39, 0.29) is 18.3 Å². The van der Waals surface area contributed by atoms with Crippen molar-refractivity contribution in [1.82, 2.24) is 9.97 Å². The Labute approximate surface area is 161 Å². The lowest BCUT2D eigenvalue weighted by Crippen LogP contribution is -2.09. The van der Waals surface area contributed by atoms with Crippen LogP contribution in [-0.4, -0.2) is 27.5 Å².